The van der Waals surface area contributed by atoms with Crippen LogP contribution in [0.3, 0.4) is 0 Å². The lowest BCUT2D eigenvalue weighted by Crippen LogP contribution is -2.37. The number of aliphatic imine (C=N–C) groups is 1. The number of aromatic amines is 1. The third kappa shape index (κ3) is 3.77. The van der Waals surface area contributed by atoms with Crippen molar-refractivity contribution in [1.82, 2.24) is 24.8 Å². The number of nitrogens with one attached hydrogen (secondary N) is 1. The van der Waals surface area contributed by atoms with Crippen molar-refractivity contribution < 1.29 is 4.74 Å². The van der Waals surface area contributed by atoms with Crippen molar-refractivity contribution in [2.24, 2.45) is 10.7 Å². The van der Waals surface area contributed by atoms with Gasteiger partial charge >= 0.3 is 0 Å². The molecule has 0 bridgehead atoms. The molecule has 0 aromatic carbocycles. The second kappa shape index (κ2) is 8.44. The van der Waals surface area contributed by atoms with Crippen molar-refractivity contribution in [3.63, 3.8) is 0 Å². The Hall–Kier alpha value is -3.30. The summed E-state index contributed by atoms with van der Waals surface area (Å²) in [5.74, 6) is 0.697. The Bertz CT molecular complexity index is 1130. The molecule has 1 saturated heterocycles. The number of nitrogens with two attached hydrogens (primary N) is 1. The number of ether oxygens (including phenoxy) is 1. The minimum absolute atomic E-state index is 0.670. The third-order valence-corrected chi connectivity index (χ3v) is 5.73. The van der Waals surface area contributed by atoms with Crippen LogP contribution in [0.5, 0.6) is 0 Å². The van der Waals surface area contributed by atoms with Gasteiger partial charge in [-0.05, 0) is 19.2 Å². The number of nitrogens with zero attached hydrogens (tertiary/aromatic N) is 6. The zero-order valence-electron chi connectivity index (χ0n) is 17.6. The standard InChI is InChI=1S/C22H26N8O/c1-29-7-6-25-18(14-29)16(12-23)17-13-26-21-19(15-2-4-24-5-3-15)27-22(28-20(17)21)30-8-10-31-11-9-30/h2-5,12-13,26H,6-11,14,23H2,1H3. The average Bonchev–Trinajstić information content (AvgIpc) is 3.24. The molecular formula is C22H26N8O. The summed E-state index contributed by atoms with van der Waals surface area (Å²) in [4.78, 5) is 26.6. The topological polar surface area (TPSA) is 109 Å². The first kappa shape index (κ1) is 19.7. The van der Waals surface area contributed by atoms with Crippen LogP contribution < -0.4 is 10.6 Å². The van der Waals surface area contributed by atoms with Gasteiger partial charge < -0.3 is 20.4 Å². The molecule has 0 spiro atoms. The van der Waals surface area contributed by atoms with Gasteiger partial charge in [-0.15, -0.1) is 0 Å². The first-order valence-electron chi connectivity index (χ1n) is 10.5. The second-order valence-corrected chi connectivity index (χ2v) is 7.78. The van der Waals surface area contributed by atoms with Gasteiger partial charge in [0.2, 0.25) is 5.95 Å². The van der Waals surface area contributed by atoms with Crippen LogP contribution in [0.4, 0.5) is 5.95 Å². The number of likely N-dealkylation sites (N-methyl/N-ethyl adjacent to an activating group) is 1. The number of morpholine rings is 1. The average molecular weight is 419 g/mol. The van der Waals surface area contributed by atoms with Crippen LogP contribution in [0.25, 0.3) is 27.9 Å². The molecule has 5 heterocycles. The fraction of sp³-hybridized carbons (Fsp3) is 0.364. The van der Waals surface area contributed by atoms with Crippen molar-refractivity contribution in [3.8, 4) is 11.3 Å². The van der Waals surface area contributed by atoms with E-state index in [1.54, 1.807) is 18.6 Å². The SMILES string of the molecule is CN1CCN=C(C(=CN)c2c[nH]c3c(-c4ccncc4)nc(N4CCOCC4)nc23)C1. The summed E-state index contributed by atoms with van der Waals surface area (Å²) in [6.07, 6.45) is 7.16. The summed E-state index contributed by atoms with van der Waals surface area (Å²) in [5, 5.41) is 0. The van der Waals surface area contributed by atoms with Gasteiger partial charge in [-0.1, -0.05) is 0 Å². The maximum atomic E-state index is 6.11. The van der Waals surface area contributed by atoms with E-state index in [1.165, 1.54) is 0 Å². The lowest BCUT2D eigenvalue weighted by Gasteiger charge is -2.27. The third-order valence-electron chi connectivity index (χ3n) is 5.73. The molecule has 0 unspecified atom stereocenters. The van der Waals surface area contributed by atoms with Crippen molar-refractivity contribution in [2.45, 2.75) is 0 Å². The van der Waals surface area contributed by atoms with E-state index in [4.69, 9.17) is 25.4 Å². The van der Waals surface area contributed by atoms with E-state index in [0.29, 0.717) is 19.2 Å². The molecule has 1 fully saturated rings. The number of hydrogen-bond acceptors (Lipinski definition) is 8. The molecule has 160 valence electrons. The summed E-state index contributed by atoms with van der Waals surface area (Å²) in [6, 6.07) is 3.93. The van der Waals surface area contributed by atoms with Crippen LogP contribution in [0.1, 0.15) is 5.56 Å². The molecule has 0 amide bonds. The molecule has 0 atom stereocenters. The Kier molecular flexibility index (Phi) is 5.35. The van der Waals surface area contributed by atoms with E-state index in [1.807, 2.05) is 18.3 Å². The minimum Gasteiger partial charge on any atom is -0.404 e. The van der Waals surface area contributed by atoms with Crippen molar-refractivity contribution in [3.05, 3.63) is 42.5 Å². The maximum absolute atomic E-state index is 6.11. The maximum Gasteiger partial charge on any atom is 0.226 e. The van der Waals surface area contributed by atoms with Crippen LogP contribution >= 0.6 is 0 Å². The molecule has 2 aliphatic heterocycles. The lowest BCUT2D eigenvalue weighted by atomic mass is 10.0. The van der Waals surface area contributed by atoms with Crippen LogP contribution in [0, 0.1) is 0 Å². The van der Waals surface area contributed by atoms with Crippen LogP contribution in [-0.4, -0.2) is 83.5 Å². The quantitative estimate of drug-likeness (QED) is 0.662. The Morgan fingerprint density at radius 3 is 2.71 bits per heavy atom. The van der Waals surface area contributed by atoms with E-state index >= 15 is 0 Å². The zero-order valence-corrected chi connectivity index (χ0v) is 17.6. The van der Waals surface area contributed by atoms with Crippen molar-refractivity contribution in [1.29, 1.82) is 0 Å². The normalized spacial score (nSPS) is 18.4. The van der Waals surface area contributed by atoms with E-state index < -0.39 is 0 Å². The number of aromatic nitrogens is 4. The summed E-state index contributed by atoms with van der Waals surface area (Å²) >= 11 is 0. The molecule has 0 saturated carbocycles. The largest absolute Gasteiger partial charge is 0.404 e. The predicted octanol–water partition coefficient (Wildman–Crippen LogP) is 1.54. The van der Waals surface area contributed by atoms with Gasteiger partial charge in [0.25, 0.3) is 0 Å². The van der Waals surface area contributed by atoms with Gasteiger partial charge in [0.15, 0.2) is 0 Å². The van der Waals surface area contributed by atoms with E-state index in [-0.39, 0.29) is 0 Å². The summed E-state index contributed by atoms with van der Waals surface area (Å²) in [6.45, 7) is 5.34. The van der Waals surface area contributed by atoms with Gasteiger partial charge in [0.05, 0.1) is 31.0 Å². The smallest absolute Gasteiger partial charge is 0.226 e. The first-order valence-corrected chi connectivity index (χ1v) is 10.5. The number of hydrogen-bond donors (Lipinski definition) is 2. The highest BCUT2D eigenvalue weighted by molar-refractivity contribution is 6.27. The molecular weight excluding hydrogens is 392 g/mol. The second-order valence-electron chi connectivity index (χ2n) is 7.78. The molecule has 9 heteroatoms. The highest BCUT2D eigenvalue weighted by Crippen LogP contribution is 2.32. The molecule has 3 aromatic heterocycles. The van der Waals surface area contributed by atoms with Crippen molar-refractivity contribution in [2.75, 3.05) is 57.9 Å². The van der Waals surface area contributed by atoms with Gasteiger partial charge in [0.1, 0.15) is 11.2 Å². The number of fused-ring (bicyclic) bond motifs is 1. The molecule has 0 radical (unpaired) electrons. The zero-order chi connectivity index (χ0) is 21.2. The van der Waals surface area contributed by atoms with Crippen LogP contribution in [0.15, 0.2) is 41.9 Å². The van der Waals surface area contributed by atoms with Gasteiger partial charge in [-0.2, -0.15) is 0 Å². The highest BCUT2D eigenvalue weighted by Gasteiger charge is 2.23. The van der Waals surface area contributed by atoms with Gasteiger partial charge in [-0.3, -0.25) is 14.9 Å². The summed E-state index contributed by atoms with van der Waals surface area (Å²) in [7, 11) is 2.10. The fourth-order valence-corrected chi connectivity index (χ4v) is 4.07. The molecule has 2 aliphatic rings. The van der Waals surface area contributed by atoms with Crippen LogP contribution in [0.2, 0.25) is 0 Å². The summed E-state index contributed by atoms with van der Waals surface area (Å²) < 4.78 is 5.52. The van der Waals surface area contributed by atoms with Gasteiger partial charge in [-0.25, -0.2) is 9.97 Å². The molecule has 0 aliphatic carbocycles. The predicted molar refractivity (Wildman–Crippen MR) is 122 cm³/mol. The lowest BCUT2D eigenvalue weighted by molar-refractivity contribution is 0.122. The molecule has 3 N–H and O–H groups in total. The number of rotatable bonds is 4. The van der Waals surface area contributed by atoms with Gasteiger partial charge in [0, 0.05) is 67.7 Å². The number of anilines is 1. The minimum atomic E-state index is 0.670. The fourth-order valence-electron chi connectivity index (χ4n) is 4.07. The highest BCUT2D eigenvalue weighted by atomic mass is 16.5. The molecule has 31 heavy (non-hydrogen) atoms. The Morgan fingerprint density at radius 1 is 1.16 bits per heavy atom. The van der Waals surface area contributed by atoms with E-state index in [9.17, 15) is 0 Å². The molecule has 9 nitrogen and oxygen atoms in total. The Morgan fingerprint density at radius 2 is 1.97 bits per heavy atom. The Balaban J connectivity index is 1.67. The monoisotopic (exact) mass is 418 g/mol. The molecule has 3 aromatic rings. The number of pyridine rings is 1. The van der Waals surface area contributed by atoms with E-state index in [2.05, 4.69) is 26.8 Å². The first-order chi connectivity index (χ1) is 15.2. The van der Waals surface area contributed by atoms with Crippen molar-refractivity contribution >= 4 is 28.3 Å². The molecule has 5 rings (SSSR count). The van der Waals surface area contributed by atoms with E-state index in [0.717, 1.165) is 71.9 Å². The van der Waals surface area contributed by atoms with Crippen LogP contribution in [-0.2, 0) is 4.74 Å². The summed E-state index contributed by atoms with van der Waals surface area (Å²) in [5.41, 5.74) is 12.5. The Labute approximate surface area is 180 Å². The number of H-pyrrole nitrogens is 1.